The average Bonchev–Trinajstić information content (AvgIpc) is 2.25. The van der Waals surface area contributed by atoms with Crippen LogP contribution < -0.4 is 4.74 Å². The molecule has 1 aromatic heterocycles. The molecule has 0 aliphatic heterocycles. The highest BCUT2D eigenvalue weighted by Gasteiger charge is 2.28. The molecule has 0 atom stereocenters. The van der Waals surface area contributed by atoms with Crippen molar-refractivity contribution in [3.8, 4) is 5.75 Å². The van der Waals surface area contributed by atoms with Gasteiger partial charge in [-0.3, -0.25) is 9.78 Å². The van der Waals surface area contributed by atoms with Crippen LogP contribution in [0.2, 0.25) is 0 Å². The number of pyridine rings is 1. The predicted octanol–water partition coefficient (Wildman–Crippen LogP) is 2.62. The van der Waals surface area contributed by atoms with Crippen molar-refractivity contribution in [1.82, 2.24) is 4.98 Å². The van der Waals surface area contributed by atoms with Crippen LogP contribution in [0.5, 0.6) is 5.75 Å². The van der Waals surface area contributed by atoms with Crippen molar-refractivity contribution in [3.05, 3.63) is 24.0 Å². The Morgan fingerprint density at radius 3 is 2.69 bits per heavy atom. The molecule has 0 aliphatic carbocycles. The Bertz CT molecular complexity index is 377. The molecule has 0 fully saturated rings. The van der Waals surface area contributed by atoms with Crippen molar-refractivity contribution in [1.29, 1.82) is 0 Å². The van der Waals surface area contributed by atoms with Gasteiger partial charge in [0.25, 0.3) is 0 Å². The third kappa shape index (κ3) is 3.88. The number of rotatable bonds is 4. The van der Waals surface area contributed by atoms with Crippen LogP contribution in [0.4, 0.5) is 13.2 Å². The quantitative estimate of drug-likeness (QED) is 0.750. The van der Waals surface area contributed by atoms with Crippen LogP contribution >= 0.6 is 0 Å². The molecule has 0 aliphatic rings. The maximum absolute atomic E-state index is 11.9. The van der Waals surface area contributed by atoms with Crippen LogP contribution in [-0.2, 0) is 0 Å². The zero-order valence-electron chi connectivity index (χ0n) is 8.54. The summed E-state index contributed by atoms with van der Waals surface area (Å²) in [6.45, 7) is 0. The van der Waals surface area contributed by atoms with Crippen molar-refractivity contribution in [2.45, 2.75) is 19.0 Å². The number of carbonyl (C=O) groups is 1. The summed E-state index contributed by atoms with van der Waals surface area (Å²) in [5.74, 6) is -0.249. The summed E-state index contributed by atoms with van der Waals surface area (Å²) >= 11 is 0. The topological polar surface area (TPSA) is 39.2 Å². The van der Waals surface area contributed by atoms with E-state index >= 15 is 0 Å². The van der Waals surface area contributed by atoms with Crippen molar-refractivity contribution in [2.75, 3.05) is 7.11 Å². The highest BCUT2D eigenvalue weighted by atomic mass is 19.4. The van der Waals surface area contributed by atoms with E-state index in [1.165, 1.54) is 25.6 Å². The number of carbonyl (C=O) groups excluding carboxylic acids is 1. The Kier molecular flexibility index (Phi) is 3.87. The van der Waals surface area contributed by atoms with E-state index in [0.717, 1.165) is 0 Å². The number of hydrogen-bond donors (Lipinski definition) is 0. The average molecular weight is 233 g/mol. The van der Waals surface area contributed by atoms with Crippen molar-refractivity contribution < 1.29 is 22.7 Å². The first-order chi connectivity index (χ1) is 7.42. The van der Waals surface area contributed by atoms with Gasteiger partial charge < -0.3 is 4.74 Å². The summed E-state index contributed by atoms with van der Waals surface area (Å²) < 4.78 is 40.5. The first-order valence-corrected chi connectivity index (χ1v) is 4.51. The van der Waals surface area contributed by atoms with E-state index in [-0.39, 0.29) is 5.56 Å². The van der Waals surface area contributed by atoms with Gasteiger partial charge in [0.2, 0.25) is 0 Å². The minimum absolute atomic E-state index is 0.128. The lowest BCUT2D eigenvalue weighted by Crippen LogP contribution is -2.11. The molecular formula is C10H10F3NO2. The Morgan fingerprint density at radius 1 is 1.44 bits per heavy atom. The summed E-state index contributed by atoms with van der Waals surface area (Å²) in [6.07, 6.45) is -3.41. The Labute approximate surface area is 90.2 Å². The number of hydrogen-bond acceptors (Lipinski definition) is 3. The van der Waals surface area contributed by atoms with Crippen LogP contribution in [0.1, 0.15) is 23.2 Å². The van der Waals surface area contributed by atoms with Gasteiger partial charge in [0, 0.05) is 18.2 Å². The molecule has 0 saturated heterocycles. The zero-order chi connectivity index (χ0) is 12.2. The van der Waals surface area contributed by atoms with Gasteiger partial charge in [-0.25, -0.2) is 0 Å². The molecule has 0 aromatic carbocycles. The molecule has 1 aromatic rings. The van der Waals surface area contributed by atoms with E-state index in [1.54, 1.807) is 0 Å². The zero-order valence-corrected chi connectivity index (χ0v) is 8.54. The minimum Gasteiger partial charge on any atom is -0.495 e. The van der Waals surface area contributed by atoms with Gasteiger partial charge in [-0.15, -0.1) is 0 Å². The third-order valence-electron chi connectivity index (χ3n) is 1.91. The van der Waals surface area contributed by atoms with Crippen molar-refractivity contribution in [2.24, 2.45) is 0 Å². The van der Waals surface area contributed by atoms with Crippen LogP contribution in [0, 0.1) is 0 Å². The van der Waals surface area contributed by atoms with E-state index in [4.69, 9.17) is 4.74 Å². The first-order valence-electron chi connectivity index (χ1n) is 4.51. The molecule has 0 radical (unpaired) electrons. The van der Waals surface area contributed by atoms with Gasteiger partial charge in [-0.2, -0.15) is 13.2 Å². The fourth-order valence-corrected chi connectivity index (χ4v) is 1.08. The first kappa shape index (κ1) is 12.5. The molecule has 0 spiro atoms. The molecule has 0 unspecified atom stereocenters. The van der Waals surface area contributed by atoms with Crippen molar-refractivity contribution >= 4 is 5.78 Å². The van der Waals surface area contributed by atoms with Crippen LogP contribution in [0.25, 0.3) is 0 Å². The van der Waals surface area contributed by atoms with Crippen LogP contribution in [0.3, 0.4) is 0 Å². The highest BCUT2D eigenvalue weighted by Crippen LogP contribution is 2.23. The smallest absolute Gasteiger partial charge is 0.389 e. The van der Waals surface area contributed by atoms with Gasteiger partial charge in [0.05, 0.1) is 19.7 Å². The second-order valence-corrected chi connectivity index (χ2v) is 3.15. The van der Waals surface area contributed by atoms with Gasteiger partial charge in [0.1, 0.15) is 5.75 Å². The van der Waals surface area contributed by atoms with Crippen LogP contribution in [0.15, 0.2) is 18.5 Å². The molecule has 6 heteroatoms. The Hall–Kier alpha value is -1.59. The maximum atomic E-state index is 11.9. The lowest BCUT2D eigenvalue weighted by atomic mass is 10.1. The van der Waals surface area contributed by atoms with Gasteiger partial charge >= 0.3 is 6.18 Å². The molecule has 1 heterocycles. The molecule has 3 nitrogen and oxygen atoms in total. The van der Waals surface area contributed by atoms with Gasteiger partial charge in [-0.05, 0) is 6.07 Å². The lowest BCUT2D eigenvalue weighted by molar-refractivity contribution is -0.133. The van der Waals surface area contributed by atoms with E-state index in [9.17, 15) is 18.0 Å². The molecule has 0 saturated carbocycles. The molecular weight excluding hydrogens is 223 g/mol. The molecule has 88 valence electrons. The lowest BCUT2D eigenvalue weighted by Gasteiger charge is -2.05. The van der Waals surface area contributed by atoms with E-state index < -0.39 is 24.8 Å². The second-order valence-electron chi connectivity index (χ2n) is 3.15. The molecule has 16 heavy (non-hydrogen) atoms. The Balaban J connectivity index is 2.66. The molecule has 1 rings (SSSR count). The number of ether oxygens (including phenoxy) is 1. The molecule has 0 amide bonds. The van der Waals surface area contributed by atoms with Crippen molar-refractivity contribution in [3.63, 3.8) is 0 Å². The summed E-state index contributed by atoms with van der Waals surface area (Å²) in [5.41, 5.74) is 0.128. The second kappa shape index (κ2) is 4.96. The predicted molar refractivity (Wildman–Crippen MR) is 50.4 cm³/mol. The summed E-state index contributed by atoms with van der Waals surface area (Å²) in [6, 6.07) is 1.37. The maximum Gasteiger partial charge on any atom is 0.389 e. The number of Topliss-reactive ketones (excluding diaryl/α,β-unsaturated/α-hetero) is 1. The third-order valence-corrected chi connectivity index (χ3v) is 1.91. The normalized spacial score (nSPS) is 11.2. The SMILES string of the molecule is COc1cncc(C(=O)CCC(F)(F)F)c1. The monoisotopic (exact) mass is 233 g/mol. The number of aromatic nitrogens is 1. The fourth-order valence-electron chi connectivity index (χ4n) is 1.08. The highest BCUT2D eigenvalue weighted by molar-refractivity contribution is 5.96. The fraction of sp³-hybridized carbons (Fsp3) is 0.400. The van der Waals surface area contributed by atoms with Gasteiger partial charge in [-0.1, -0.05) is 0 Å². The summed E-state index contributed by atoms with van der Waals surface area (Å²) in [4.78, 5) is 15.1. The minimum atomic E-state index is -4.32. The number of alkyl halides is 3. The number of nitrogens with zero attached hydrogens (tertiary/aromatic N) is 1. The van der Waals surface area contributed by atoms with E-state index in [1.807, 2.05) is 0 Å². The van der Waals surface area contributed by atoms with Gasteiger partial charge in [0.15, 0.2) is 5.78 Å². The summed E-state index contributed by atoms with van der Waals surface area (Å²) in [7, 11) is 1.39. The van der Waals surface area contributed by atoms with E-state index in [2.05, 4.69) is 4.98 Å². The molecule has 0 N–H and O–H groups in total. The number of ketones is 1. The molecule has 0 bridgehead atoms. The number of methoxy groups -OCH3 is 1. The standard InChI is InChI=1S/C10H10F3NO2/c1-16-8-4-7(5-14-6-8)9(15)2-3-10(11,12)13/h4-6H,2-3H2,1H3. The summed E-state index contributed by atoms with van der Waals surface area (Å²) in [5, 5.41) is 0. The largest absolute Gasteiger partial charge is 0.495 e. The number of halogens is 3. The van der Waals surface area contributed by atoms with Crippen LogP contribution in [-0.4, -0.2) is 24.1 Å². The Morgan fingerprint density at radius 2 is 2.12 bits per heavy atom. The van der Waals surface area contributed by atoms with E-state index in [0.29, 0.717) is 5.75 Å².